The number of carbonyl (C=O) groups excluding carboxylic acids is 2. The summed E-state index contributed by atoms with van der Waals surface area (Å²) < 4.78 is 5.90. The van der Waals surface area contributed by atoms with Gasteiger partial charge in [0.05, 0.1) is 0 Å². The molecule has 0 aromatic carbocycles. The topological polar surface area (TPSA) is 119 Å². The molecular weight excluding hydrogens is 721 g/mol. The molecular formula is C51H80N2O5. The molecule has 0 saturated carbocycles. The molecule has 2 unspecified atom stereocenters. The van der Waals surface area contributed by atoms with Crippen LogP contribution in [0.2, 0.25) is 0 Å². The lowest BCUT2D eigenvalue weighted by molar-refractivity contribution is -0.147. The molecule has 7 nitrogen and oxygen atoms in total. The van der Waals surface area contributed by atoms with Crippen LogP contribution in [-0.4, -0.2) is 41.6 Å². The number of esters is 1. The van der Waals surface area contributed by atoms with Gasteiger partial charge in [0.15, 0.2) is 0 Å². The second kappa shape index (κ2) is 43.9. The fourth-order valence-corrected chi connectivity index (χ4v) is 5.72. The van der Waals surface area contributed by atoms with E-state index in [9.17, 15) is 19.5 Å². The maximum Gasteiger partial charge on any atom is 0.326 e. The summed E-state index contributed by atoms with van der Waals surface area (Å²) in [6.07, 6.45) is 62.7. The summed E-state index contributed by atoms with van der Waals surface area (Å²) in [6, 6.07) is -0.868. The third-order valence-electron chi connectivity index (χ3n) is 9.01. The Morgan fingerprint density at radius 1 is 0.517 bits per heavy atom. The van der Waals surface area contributed by atoms with Crippen molar-refractivity contribution >= 4 is 17.8 Å². The van der Waals surface area contributed by atoms with Gasteiger partial charge in [0.1, 0.15) is 12.1 Å². The van der Waals surface area contributed by atoms with Crippen molar-refractivity contribution in [3.63, 3.8) is 0 Å². The molecule has 58 heavy (non-hydrogen) atoms. The van der Waals surface area contributed by atoms with Crippen molar-refractivity contribution in [2.24, 2.45) is 5.73 Å². The zero-order valence-electron chi connectivity index (χ0n) is 36.3. The first-order valence-electron chi connectivity index (χ1n) is 22.4. The van der Waals surface area contributed by atoms with Gasteiger partial charge < -0.3 is 20.9 Å². The highest BCUT2D eigenvalue weighted by Crippen LogP contribution is 2.14. The lowest BCUT2D eigenvalue weighted by Gasteiger charge is -2.15. The molecule has 1 amide bonds. The van der Waals surface area contributed by atoms with Crippen LogP contribution in [-0.2, 0) is 19.1 Å². The number of allylic oxidation sites excluding steroid dienone is 19. The summed E-state index contributed by atoms with van der Waals surface area (Å²) in [5.41, 5.74) is 5.47. The molecule has 0 aliphatic carbocycles. The number of carboxylic acid groups (broad SMARTS) is 1. The lowest BCUT2D eigenvalue weighted by atomic mass is 10.0. The Hall–Kier alpha value is -4.23. The molecule has 324 valence electrons. The number of unbranched alkanes of at least 4 members (excludes halogenated alkanes) is 6. The van der Waals surface area contributed by atoms with Gasteiger partial charge in [0.25, 0.3) is 0 Å². The fraction of sp³-hybridized carbons (Fsp3) is 0.549. The fourth-order valence-electron chi connectivity index (χ4n) is 5.72. The summed E-state index contributed by atoms with van der Waals surface area (Å²) in [7, 11) is 0. The Balaban J connectivity index is 4.36. The van der Waals surface area contributed by atoms with E-state index < -0.39 is 12.0 Å². The maximum atomic E-state index is 12.7. The second-order valence-corrected chi connectivity index (χ2v) is 14.3. The molecule has 2 atom stereocenters. The van der Waals surface area contributed by atoms with Gasteiger partial charge in [-0.25, -0.2) is 4.79 Å². The standard InChI is InChI=1S/C51H80N2O5/c1-3-5-7-9-11-13-14-15-16-17-18-19-20-21-22-23-24-25-26-27-29-35-39-45-50(55)58-47(41-36-32-28-12-10-8-6-4-2)42-37-33-30-31-34-38-44-49(54)53-48(51(56)57)43-40-46-52/h5-8,11-13,15-16,18-19,21-22,24-25,27-29,36,41,47-48H,3-4,9-10,14,17,20,23,26,30-35,37-40,42-46,52H2,1-2H3,(H,53,54)(H,56,57)/b7-5-,8-6-,13-11-,16-15-,19-18-,22-21-,25-24-,28-12-,29-27-,41-36-. The Morgan fingerprint density at radius 3 is 1.41 bits per heavy atom. The van der Waals surface area contributed by atoms with Gasteiger partial charge in [-0.3, -0.25) is 9.59 Å². The largest absolute Gasteiger partial charge is 0.480 e. The van der Waals surface area contributed by atoms with Crippen LogP contribution in [0.3, 0.4) is 0 Å². The average molecular weight is 801 g/mol. The molecule has 0 rings (SSSR count). The summed E-state index contributed by atoms with van der Waals surface area (Å²) in [4.78, 5) is 36.2. The van der Waals surface area contributed by atoms with Crippen molar-refractivity contribution in [2.45, 2.75) is 174 Å². The number of aliphatic carboxylic acids is 1. The Morgan fingerprint density at radius 2 is 0.948 bits per heavy atom. The molecule has 4 N–H and O–H groups in total. The van der Waals surface area contributed by atoms with Crippen LogP contribution >= 0.6 is 0 Å². The molecule has 0 aliphatic heterocycles. The molecule has 0 aromatic heterocycles. The number of amides is 1. The summed E-state index contributed by atoms with van der Waals surface area (Å²) in [5, 5.41) is 11.9. The Bertz CT molecular complexity index is 1310. The number of ether oxygens (including phenoxy) is 1. The van der Waals surface area contributed by atoms with Gasteiger partial charge in [-0.15, -0.1) is 0 Å². The predicted molar refractivity (Wildman–Crippen MR) is 247 cm³/mol. The number of carboxylic acids is 1. The van der Waals surface area contributed by atoms with E-state index in [2.05, 4.69) is 135 Å². The van der Waals surface area contributed by atoms with Gasteiger partial charge in [-0.2, -0.15) is 0 Å². The smallest absolute Gasteiger partial charge is 0.326 e. The summed E-state index contributed by atoms with van der Waals surface area (Å²) in [6.45, 7) is 4.68. The third-order valence-corrected chi connectivity index (χ3v) is 9.01. The van der Waals surface area contributed by atoms with Crippen LogP contribution < -0.4 is 11.1 Å². The summed E-state index contributed by atoms with van der Waals surface area (Å²) >= 11 is 0. The van der Waals surface area contributed by atoms with Crippen LogP contribution in [0, 0.1) is 0 Å². The van der Waals surface area contributed by atoms with Crippen molar-refractivity contribution in [2.75, 3.05) is 6.54 Å². The molecule has 0 bridgehead atoms. The van der Waals surface area contributed by atoms with Crippen LogP contribution in [0.25, 0.3) is 0 Å². The van der Waals surface area contributed by atoms with E-state index in [1.807, 2.05) is 6.08 Å². The van der Waals surface area contributed by atoms with Gasteiger partial charge >= 0.3 is 11.9 Å². The first-order valence-corrected chi connectivity index (χ1v) is 22.4. The molecule has 7 heteroatoms. The van der Waals surface area contributed by atoms with E-state index in [-0.39, 0.29) is 18.0 Å². The van der Waals surface area contributed by atoms with Gasteiger partial charge in [0, 0.05) is 12.8 Å². The normalized spacial score (nSPS) is 13.8. The van der Waals surface area contributed by atoms with E-state index in [0.29, 0.717) is 32.2 Å². The molecule has 0 spiro atoms. The van der Waals surface area contributed by atoms with Gasteiger partial charge in [-0.05, 0) is 122 Å². The number of hydrogen-bond acceptors (Lipinski definition) is 5. The molecule has 0 aliphatic rings. The van der Waals surface area contributed by atoms with Crippen molar-refractivity contribution in [1.29, 1.82) is 0 Å². The van der Waals surface area contributed by atoms with Crippen LogP contribution in [0.5, 0.6) is 0 Å². The molecule has 0 aromatic rings. The first-order chi connectivity index (χ1) is 28.4. The highest BCUT2D eigenvalue weighted by atomic mass is 16.5. The number of nitrogens with one attached hydrogen (secondary N) is 1. The SMILES string of the molecule is CC/C=C\C/C=C\C/C=C\C/C=C\C/C=C\C/C=C\C/C=C\CCCC(=O)OC(/C=C\C/C=C\C/C=C\CC)CCCCCCCCC(=O)NC(CCCN)C(=O)O. The zero-order valence-corrected chi connectivity index (χ0v) is 36.3. The highest BCUT2D eigenvalue weighted by molar-refractivity contribution is 5.83. The van der Waals surface area contributed by atoms with Crippen molar-refractivity contribution in [3.05, 3.63) is 122 Å². The van der Waals surface area contributed by atoms with Crippen LogP contribution in [0.1, 0.15) is 162 Å². The molecule has 0 radical (unpaired) electrons. The number of carbonyl (C=O) groups is 3. The van der Waals surface area contributed by atoms with Crippen molar-refractivity contribution < 1.29 is 24.2 Å². The summed E-state index contributed by atoms with van der Waals surface area (Å²) in [5.74, 6) is -1.38. The van der Waals surface area contributed by atoms with E-state index in [1.165, 1.54) is 0 Å². The van der Waals surface area contributed by atoms with Gasteiger partial charge in [-0.1, -0.05) is 155 Å². The quantitative estimate of drug-likeness (QED) is 0.0325. The van der Waals surface area contributed by atoms with E-state index in [1.54, 1.807) is 0 Å². The van der Waals surface area contributed by atoms with E-state index in [0.717, 1.165) is 122 Å². The zero-order chi connectivity index (χ0) is 42.4. The lowest BCUT2D eigenvalue weighted by Crippen LogP contribution is -2.40. The van der Waals surface area contributed by atoms with E-state index in [4.69, 9.17) is 10.5 Å². The predicted octanol–water partition coefficient (Wildman–Crippen LogP) is 13.0. The minimum Gasteiger partial charge on any atom is -0.480 e. The Kier molecular flexibility index (Phi) is 40.7. The number of hydrogen-bond donors (Lipinski definition) is 3. The monoisotopic (exact) mass is 801 g/mol. The van der Waals surface area contributed by atoms with Crippen molar-refractivity contribution in [3.8, 4) is 0 Å². The minimum absolute atomic E-state index is 0.147. The van der Waals surface area contributed by atoms with Crippen LogP contribution in [0.15, 0.2) is 122 Å². The number of rotatable bonds is 38. The van der Waals surface area contributed by atoms with Crippen molar-refractivity contribution in [1.82, 2.24) is 5.32 Å². The number of nitrogens with two attached hydrogens (primary N) is 1. The molecule has 0 heterocycles. The van der Waals surface area contributed by atoms with Crippen LogP contribution in [0.4, 0.5) is 0 Å². The average Bonchev–Trinajstić information content (AvgIpc) is 3.21. The van der Waals surface area contributed by atoms with Gasteiger partial charge in [0.2, 0.25) is 5.91 Å². The molecule has 0 saturated heterocycles. The third kappa shape index (κ3) is 40.0. The second-order valence-electron chi connectivity index (χ2n) is 14.3. The highest BCUT2D eigenvalue weighted by Gasteiger charge is 2.18. The molecule has 0 fully saturated rings. The minimum atomic E-state index is -1.02. The first kappa shape index (κ1) is 53.8. The Labute approximate surface area is 353 Å². The maximum absolute atomic E-state index is 12.7. The van der Waals surface area contributed by atoms with E-state index >= 15 is 0 Å².